The summed E-state index contributed by atoms with van der Waals surface area (Å²) in [7, 11) is 1.55. The summed E-state index contributed by atoms with van der Waals surface area (Å²) in [6.07, 6.45) is 0. The van der Waals surface area contributed by atoms with Crippen LogP contribution in [0.1, 0.15) is 22.0 Å². The average molecular weight is 312 g/mol. The Morgan fingerprint density at radius 2 is 2.09 bits per heavy atom. The van der Waals surface area contributed by atoms with Crippen LogP contribution < -0.4 is 10.7 Å². The van der Waals surface area contributed by atoms with Crippen LogP contribution in [-0.2, 0) is 11.3 Å². The lowest BCUT2D eigenvalue weighted by atomic mass is 10.1. The molecule has 3 aromatic rings. The maximum atomic E-state index is 12.2. The molecule has 0 unspecified atom stereocenters. The first-order valence-corrected chi connectivity index (χ1v) is 7.09. The third kappa shape index (κ3) is 3.17. The fourth-order valence-electron chi connectivity index (χ4n) is 2.37. The summed E-state index contributed by atoms with van der Waals surface area (Å²) < 4.78 is 10.3. The molecule has 2 heterocycles. The summed E-state index contributed by atoms with van der Waals surface area (Å²) in [6.45, 7) is 2.13. The van der Waals surface area contributed by atoms with E-state index < -0.39 is 0 Å². The minimum absolute atomic E-state index is 0.0901. The third-order valence-corrected chi connectivity index (χ3v) is 3.39. The number of aromatic amines is 1. The van der Waals surface area contributed by atoms with Crippen LogP contribution in [0.5, 0.6) is 0 Å². The second kappa shape index (κ2) is 6.10. The fraction of sp³-hybridized carbons (Fsp3) is 0.176. The van der Waals surface area contributed by atoms with Gasteiger partial charge in [-0.2, -0.15) is 0 Å². The minimum atomic E-state index is -0.379. The number of amides is 1. The number of hydrogen-bond acceptors (Lipinski definition) is 4. The van der Waals surface area contributed by atoms with Gasteiger partial charge in [0.05, 0.1) is 0 Å². The van der Waals surface area contributed by atoms with E-state index in [4.69, 9.17) is 9.15 Å². The molecule has 0 aliphatic heterocycles. The number of H-pyrrole nitrogens is 1. The van der Waals surface area contributed by atoms with Gasteiger partial charge in [0.15, 0.2) is 11.2 Å². The Labute approximate surface area is 132 Å². The predicted octanol–water partition coefficient (Wildman–Crippen LogP) is 2.83. The van der Waals surface area contributed by atoms with Gasteiger partial charge in [0, 0.05) is 35.5 Å². The molecule has 0 spiro atoms. The van der Waals surface area contributed by atoms with Gasteiger partial charge in [0.1, 0.15) is 12.4 Å². The van der Waals surface area contributed by atoms with Crippen LogP contribution in [0.25, 0.3) is 10.9 Å². The largest absolute Gasteiger partial charge is 0.453 e. The number of carbonyl (C=O) groups excluding carboxylic acids is 1. The number of rotatable bonds is 4. The van der Waals surface area contributed by atoms with E-state index in [0.29, 0.717) is 23.4 Å². The van der Waals surface area contributed by atoms with Gasteiger partial charge in [-0.05, 0) is 37.3 Å². The topological polar surface area (TPSA) is 84.3 Å². The van der Waals surface area contributed by atoms with Crippen molar-refractivity contribution in [3.05, 3.63) is 63.8 Å². The van der Waals surface area contributed by atoms with Gasteiger partial charge < -0.3 is 19.5 Å². The minimum Gasteiger partial charge on any atom is -0.453 e. The zero-order valence-electron chi connectivity index (χ0n) is 12.8. The van der Waals surface area contributed by atoms with Crippen LogP contribution in [0, 0.1) is 6.92 Å². The van der Waals surface area contributed by atoms with Gasteiger partial charge in [-0.15, -0.1) is 0 Å². The summed E-state index contributed by atoms with van der Waals surface area (Å²) in [6, 6.07) is 9.93. The van der Waals surface area contributed by atoms with Crippen molar-refractivity contribution in [1.29, 1.82) is 0 Å². The van der Waals surface area contributed by atoms with Crippen LogP contribution in [0.2, 0.25) is 0 Å². The third-order valence-electron chi connectivity index (χ3n) is 3.39. The van der Waals surface area contributed by atoms with Crippen molar-refractivity contribution in [3.8, 4) is 0 Å². The van der Waals surface area contributed by atoms with Crippen molar-refractivity contribution in [2.45, 2.75) is 13.5 Å². The first kappa shape index (κ1) is 15.1. The summed E-state index contributed by atoms with van der Waals surface area (Å²) in [5.41, 5.74) is 1.96. The van der Waals surface area contributed by atoms with Crippen LogP contribution in [0.4, 0.5) is 5.69 Å². The maximum Gasteiger partial charge on any atom is 0.291 e. The first-order chi connectivity index (χ1) is 11.1. The normalized spacial score (nSPS) is 10.9. The average Bonchev–Trinajstić information content (AvgIpc) is 2.97. The van der Waals surface area contributed by atoms with Crippen LogP contribution >= 0.6 is 0 Å². The van der Waals surface area contributed by atoms with Gasteiger partial charge in [0.2, 0.25) is 0 Å². The molecule has 0 bridgehead atoms. The number of furan rings is 1. The van der Waals surface area contributed by atoms with E-state index >= 15 is 0 Å². The zero-order valence-corrected chi connectivity index (χ0v) is 12.8. The Balaban J connectivity index is 1.85. The molecule has 2 N–H and O–H groups in total. The van der Waals surface area contributed by atoms with Crippen molar-refractivity contribution in [1.82, 2.24) is 4.98 Å². The molecular weight excluding hydrogens is 296 g/mol. The van der Waals surface area contributed by atoms with Gasteiger partial charge in [-0.25, -0.2) is 0 Å². The summed E-state index contributed by atoms with van der Waals surface area (Å²) in [4.78, 5) is 27.3. The summed E-state index contributed by atoms with van der Waals surface area (Å²) in [5, 5.41) is 3.24. The summed E-state index contributed by atoms with van der Waals surface area (Å²) in [5.74, 6) is 0.383. The molecule has 0 radical (unpaired) electrons. The van der Waals surface area contributed by atoms with Crippen molar-refractivity contribution in [2.75, 3.05) is 12.4 Å². The molecule has 23 heavy (non-hydrogen) atoms. The summed E-state index contributed by atoms with van der Waals surface area (Å²) >= 11 is 0. The standard InChI is InChI=1S/C17H16N2O4/c1-10-7-15(20)13-8-11(3-5-14(13)18-10)19-17(21)16-6-4-12(23-16)9-22-2/h3-8H,9H2,1-2H3,(H,18,20)(H,19,21). The molecule has 6 nitrogen and oxygen atoms in total. The van der Waals surface area contributed by atoms with E-state index in [0.717, 1.165) is 11.2 Å². The Kier molecular flexibility index (Phi) is 3.99. The highest BCUT2D eigenvalue weighted by Gasteiger charge is 2.12. The molecule has 3 rings (SSSR count). The van der Waals surface area contributed by atoms with E-state index in [1.165, 1.54) is 6.07 Å². The smallest absolute Gasteiger partial charge is 0.291 e. The van der Waals surface area contributed by atoms with Crippen molar-refractivity contribution >= 4 is 22.5 Å². The predicted molar refractivity (Wildman–Crippen MR) is 86.7 cm³/mol. The number of pyridine rings is 1. The highest BCUT2D eigenvalue weighted by molar-refractivity contribution is 6.03. The van der Waals surface area contributed by atoms with Crippen LogP contribution in [0.15, 0.2) is 45.6 Å². The fourth-order valence-corrected chi connectivity index (χ4v) is 2.37. The number of benzene rings is 1. The SMILES string of the molecule is COCc1ccc(C(=O)Nc2ccc3[nH]c(C)cc(=O)c3c2)o1. The Bertz CT molecular complexity index is 924. The van der Waals surface area contributed by atoms with Gasteiger partial charge in [-0.3, -0.25) is 9.59 Å². The second-order valence-electron chi connectivity index (χ2n) is 5.23. The van der Waals surface area contributed by atoms with E-state index in [2.05, 4.69) is 10.3 Å². The lowest BCUT2D eigenvalue weighted by Crippen LogP contribution is -2.11. The first-order valence-electron chi connectivity index (χ1n) is 7.09. The number of hydrogen-bond donors (Lipinski definition) is 2. The molecule has 0 saturated carbocycles. The number of anilines is 1. The van der Waals surface area contributed by atoms with E-state index in [1.807, 2.05) is 6.92 Å². The number of fused-ring (bicyclic) bond motifs is 1. The van der Waals surface area contributed by atoms with Gasteiger partial charge in [-0.1, -0.05) is 0 Å². The number of methoxy groups -OCH3 is 1. The molecule has 6 heteroatoms. The number of nitrogens with one attached hydrogen (secondary N) is 2. The molecular formula is C17H16N2O4. The molecule has 0 saturated heterocycles. The highest BCUT2D eigenvalue weighted by atomic mass is 16.5. The number of ether oxygens (including phenoxy) is 1. The number of carbonyl (C=O) groups is 1. The van der Waals surface area contributed by atoms with Crippen molar-refractivity contribution in [2.24, 2.45) is 0 Å². The lowest BCUT2D eigenvalue weighted by Gasteiger charge is -2.05. The van der Waals surface area contributed by atoms with E-state index in [1.54, 1.807) is 37.4 Å². The second-order valence-corrected chi connectivity index (χ2v) is 5.23. The quantitative estimate of drug-likeness (QED) is 0.776. The van der Waals surface area contributed by atoms with Gasteiger partial charge >= 0.3 is 0 Å². The Hall–Kier alpha value is -2.86. The Morgan fingerprint density at radius 3 is 2.87 bits per heavy atom. The Morgan fingerprint density at radius 1 is 1.26 bits per heavy atom. The lowest BCUT2D eigenvalue weighted by molar-refractivity contribution is 0.0987. The van der Waals surface area contributed by atoms with Crippen LogP contribution in [0.3, 0.4) is 0 Å². The molecule has 2 aromatic heterocycles. The molecule has 1 aromatic carbocycles. The molecule has 0 aliphatic rings. The maximum absolute atomic E-state index is 12.2. The molecule has 118 valence electrons. The number of aryl methyl sites for hydroxylation is 1. The van der Waals surface area contributed by atoms with E-state index in [-0.39, 0.29) is 17.1 Å². The molecule has 0 fully saturated rings. The van der Waals surface area contributed by atoms with E-state index in [9.17, 15) is 9.59 Å². The molecule has 0 atom stereocenters. The number of aromatic nitrogens is 1. The monoisotopic (exact) mass is 312 g/mol. The molecule has 0 aliphatic carbocycles. The van der Waals surface area contributed by atoms with Crippen LogP contribution in [-0.4, -0.2) is 18.0 Å². The van der Waals surface area contributed by atoms with Gasteiger partial charge in [0.25, 0.3) is 5.91 Å². The highest BCUT2D eigenvalue weighted by Crippen LogP contribution is 2.17. The van der Waals surface area contributed by atoms with Crippen molar-refractivity contribution in [3.63, 3.8) is 0 Å². The van der Waals surface area contributed by atoms with Crippen molar-refractivity contribution < 1.29 is 13.9 Å². The zero-order chi connectivity index (χ0) is 16.4. The molecule has 1 amide bonds.